The number of benzene rings is 1. The summed E-state index contributed by atoms with van der Waals surface area (Å²) in [5.74, 6) is 0.924. The maximum absolute atomic E-state index is 5.51. The van der Waals surface area contributed by atoms with Crippen molar-refractivity contribution in [3.8, 4) is 11.4 Å². The van der Waals surface area contributed by atoms with Crippen molar-refractivity contribution in [3.05, 3.63) is 47.8 Å². The van der Waals surface area contributed by atoms with E-state index in [0.29, 0.717) is 6.61 Å². The first-order valence-corrected chi connectivity index (χ1v) is 5.60. The molecule has 0 saturated carbocycles. The first-order chi connectivity index (χ1) is 7.72. The van der Waals surface area contributed by atoms with Gasteiger partial charge in [0.05, 0.1) is 6.61 Å². The van der Waals surface area contributed by atoms with Crippen LogP contribution in [0.15, 0.2) is 36.4 Å². The number of rotatable bonds is 3. The molecule has 0 atom stereocenters. The highest BCUT2D eigenvalue weighted by atomic mass is 16.5. The molecular weight excluding hydrogens is 198 g/mol. The van der Waals surface area contributed by atoms with Crippen molar-refractivity contribution in [2.45, 2.75) is 20.8 Å². The topological polar surface area (TPSA) is 14.2 Å². The Balaban J connectivity index is 2.44. The lowest BCUT2D eigenvalue weighted by Crippen LogP contribution is -1.99. The standard InChI is InChI=1S/C14H17NO/c1-4-16-14-7-5-6-13(10-14)15-11(2)8-9-12(15)3/h5-10H,4H2,1-3H3. The predicted octanol–water partition coefficient (Wildman–Crippen LogP) is 3.49. The molecule has 0 bridgehead atoms. The van der Waals surface area contributed by atoms with E-state index in [1.807, 2.05) is 19.1 Å². The summed E-state index contributed by atoms with van der Waals surface area (Å²) in [5, 5.41) is 0. The summed E-state index contributed by atoms with van der Waals surface area (Å²) in [6.07, 6.45) is 0. The highest BCUT2D eigenvalue weighted by Crippen LogP contribution is 2.20. The molecule has 2 aromatic rings. The van der Waals surface area contributed by atoms with Gasteiger partial charge in [-0.05, 0) is 45.0 Å². The van der Waals surface area contributed by atoms with E-state index in [0.717, 1.165) is 11.4 Å². The minimum Gasteiger partial charge on any atom is -0.494 e. The van der Waals surface area contributed by atoms with Crippen LogP contribution >= 0.6 is 0 Å². The van der Waals surface area contributed by atoms with Crippen molar-refractivity contribution < 1.29 is 4.74 Å². The molecule has 1 heterocycles. The van der Waals surface area contributed by atoms with Crippen molar-refractivity contribution in [1.29, 1.82) is 0 Å². The summed E-state index contributed by atoms with van der Waals surface area (Å²) in [6.45, 7) is 6.92. The van der Waals surface area contributed by atoms with E-state index in [4.69, 9.17) is 4.74 Å². The van der Waals surface area contributed by atoms with Gasteiger partial charge in [-0.25, -0.2) is 0 Å². The minimum absolute atomic E-state index is 0.701. The molecule has 0 aliphatic heterocycles. The normalized spacial score (nSPS) is 10.4. The number of aryl methyl sites for hydroxylation is 2. The highest BCUT2D eigenvalue weighted by Gasteiger charge is 2.04. The maximum Gasteiger partial charge on any atom is 0.121 e. The van der Waals surface area contributed by atoms with E-state index in [2.05, 4.69) is 42.7 Å². The zero-order chi connectivity index (χ0) is 11.5. The number of aromatic nitrogens is 1. The fourth-order valence-corrected chi connectivity index (χ4v) is 1.95. The van der Waals surface area contributed by atoms with Crippen LogP contribution in [0.5, 0.6) is 5.75 Å². The van der Waals surface area contributed by atoms with Crippen LogP contribution in [0.3, 0.4) is 0 Å². The van der Waals surface area contributed by atoms with Crippen LogP contribution in [0.2, 0.25) is 0 Å². The first kappa shape index (κ1) is 10.8. The molecule has 1 aromatic carbocycles. The maximum atomic E-state index is 5.51. The van der Waals surface area contributed by atoms with Crippen LogP contribution in [-0.2, 0) is 0 Å². The van der Waals surface area contributed by atoms with Crippen LogP contribution < -0.4 is 4.74 Å². The average molecular weight is 215 g/mol. The lowest BCUT2D eigenvalue weighted by atomic mass is 10.3. The molecule has 2 nitrogen and oxygen atoms in total. The SMILES string of the molecule is CCOc1cccc(-n2c(C)ccc2C)c1. The van der Waals surface area contributed by atoms with Crippen LogP contribution in [0, 0.1) is 13.8 Å². The van der Waals surface area contributed by atoms with Gasteiger partial charge < -0.3 is 9.30 Å². The van der Waals surface area contributed by atoms with Gasteiger partial charge in [-0.2, -0.15) is 0 Å². The van der Waals surface area contributed by atoms with Gasteiger partial charge in [0.1, 0.15) is 5.75 Å². The molecule has 2 rings (SSSR count). The molecule has 2 heteroatoms. The molecule has 16 heavy (non-hydrogen) atoms. The molecule has 0 aliphatic carbocycles. The summed E-state index contributed by atoms with van der Waals surface area (Å²) in [7, 11) is 0. The Morgan fingerprint density at radius 1 is 1.06 bits per heavy atom. The molecule has 0 aliphatic rings. The first-order valence-electron chi connectivity index (χ1n) is 5.60. The van der Waals surface area contributed by atoms with E-state index in [9.17, 15) is 0 Å². The fourth-order valence-electron chi connectivity index (χ4n) is 1.95. The number of hydrogen-bond donors (Lipinski definition) is 0. The average Bonchev–Trinajstić information content (AvgIpc) is 2.59. The predicted molar refractivity (Wildman–Crippen MR) is 66.4 cm³/mol. The zero-order valence-electron chi connectivity index (χ0n) is 10.0. The quantitative estimate of drug-likeness (QED) is 0.764. The van der Waals surface area contributed by atoms with Gasteiger partial charge in [0.2, 0.25) is 0 Å². The van der Waals surface area contributed by atoms with Gasteiger partial charge in [0, 0.05) is 23.1 Å². The smallest absolute Gasteiger partial charge is 0.121 e. The molecule has 0 fully saturated rings. The Morgan fingerprint density at radius 3 is 2.38 bits per heavy atom. The lowest BCUT2D eigenvalue weighted by molar-refractivity contribution is 0.340. The Kier molecular flexibility index (Phi) is 3.00. The lowest BCUT2D eigenvalue weighted by Gasteiger charge is -2.11. The molecule has 0 N–H and O–H groups in total. The van der Waals surface area contributed by atoms with Crippen molar-refractivity contribution in [2.75, 3.05) is 6.61 Å². The molecule has 0 amide bonds. The molecule has 0 unspecified atom stereocenters. The molecule has 0 spiro atoms. The monoisotopic (exact) mass is 215 g/mol. The molecule has 0 saturated heterocycles. The van der Waals surface area contributed by atoms with Crippen molar-refractivity contribution >= 4 is 0 Å². The number of ether oxygens (including phenoxy) is 1. The largest absolute Gasteiger partial charge is 0.494 e. The number of hydrogen-bond acceptors (Lipinski definition) is 1. The van der Waals surface area contributed by atoms with E-state index >= 15 is 0 Å². The van der Waals surface area contributed by atoms with Gasteiger partial charge in [0.25, 0.3) is 0 Å². The van der Waals surface area contributed by atoms with Gasteiger partial charge in [-0.3, -0.25) is 0 Å². The fraction of sp³-hybridized carbons (Fsp3) is 0.286. The summed E-state index contributed by atoms with van der Waals surface area (Å²) in [4.78, 5) is 0. The van der Waals surface area contributed by atoms with Crippen LogP contribution in [0.4, 0.5) is 0 Å². The Hall–Kier alpha value is -1.70. The summed E-state index contributed by atoms with van der Waals surface area (Å²) in [5.41, 5.74) is 3.64. The Bertz CT molecular complexity index is 466. The zero-order valence-corrected chi connectivity index (χ0v) is 10.0. The second kappa shape index (κ2) is 4.44. The Labute approximate surface area is 96.5 Å². The third-order valence-electron chi connectivity index (χ3n) is 2.66. The third kappa shape index (κ3) is 1.96. The highest BCUT2D eigenvalue weighted by molar-refractivity contribution is 5.42. The van der Waals surface area contributed by atoms with E-state index in [-0.39, 0.29) is 0 Å². The summed E-state index contributed by atoms with van der Waals surface area (Å²) in [6, 6.07) is 12.4. The molecule has 0 radical (unpaired) electrons. The van der Waals surface area contributed by atoms with Crippen molar-refractivity contribution in [1.82, 2.24) is 4.57 Å². The van der Waals surface area contributed by atoms with Crippen LogP contribution in [0.1, 0.15) is 18.3 Å². The van der Waals surface area contributed by atoms with Crippen LogP contribution in [-0.4, -0.2) is 11.2 Å². The van der Waals surface area contributed by atoms with Crippen molar-refractivity contribution in [2.24, 2.45) is 0 Å². The van der Waals surface area contributed by atoms with Crippen LogP contribution in [0.25, 0.3) is 5.69 Å². The third-order valence-corrected chi connectivity index (χ3v) is 2.66. The minimum atomic E-state index is 0.701. The van der Waals surface area contributed by atoms with E-state index in [1.54, 1.807) is 0 Å². The van der Waals surface area contributed by atoms with E-state index < -0.39 is 0 Å². The second-order valence-electron chi connectivity index (χ2n) is 3.88. The van der Waals surface area contributed by atoms with Gasteiger partial charge in [-0.1, -0.05) is 6.07 Å². The molecule has 84 valence electrons. The van der Waals surface area contributed by atoms with Gasteiger partial charge in [0.15, 0.2) is 0 Å². The van der Waals surface area contributed by atoms with E-state index in [1.165, 1.54) is 11.4 Å². The van der Waals surface area contributed by atoms with Gasteiger partial charge >= 0.3 is 0 Å². The summed E-state index contributed by atoms with van der Waals surface area (Å²) < 4.78 is 7.74. The molecular formula is C14H17NO. The van der Waals surface area contributed by atoms with Crippen molar-refractivity contribution in [3.63, 3.8) is 0 Å². The number of nitrogens with zero attached hydrogens (tertiary/aromatic N) is 1. The van der Waals surface area contributed by atoms with Gasteiger partial charge in [-0.15, -0.1) is 0 Å². The summed E-state index contributed by atoms with van der Waals surface area (Å²) >= 11 is 0. The molecule has 1 aromatic heterocycles. The Morgan fingerprint density at radius 2 is 1.75 bits per heavy atom. The second-order valence-corrected chi connectivity index (χ2v) is 3.88.